The predicted molar refractivity (Wildman–Crippen MR) is 87.9 cm³/mol. The number of carbonyl (C=O) groups excluding carboxylic acids is 1. The van der Waals surface area contributed by atoms with Crippen molar-refractivity contribution >= 4 is 5.91 Å². The van der Waals surface area contributed by atoms with Crippen LogP contribution in [0.4, 0.5) is 4.39 Å². The molecule has 0 saturated heterocycles. The maximum absolute atomic E-state index is 13.0. The Labute approximate surface area is 136 Å². The van der Waals surface area contributed by atoms with Gasteiger partial charge in [-0.2, -0.15) is 5.10 Å². The molecule has 2 aromatic rings. The van der Waals surface area contributed by atoms with E-state index in [-0.39, 0.29) is 17.8 Å². The number of nitrogens with zero attached hydrogens (tertiary/aromatic N) is 3. The van der Waals surface area contributed by atoms with Gasteiger partial charge in [-0.15, -0.1) is 0 Å². The highest BCUT2D eigenvalue weighted by molar-refractivity contribution is 5.78. The summed E-state index contributed by atoms with van der Waals surface area (Å²) in [6.07, 6.45) is 3.56. The number of rotatable bonds is 7. The molecule has 1 amide bonds. The molecule has 124 valence electrons. The van der Waals surface area contributed by atoms with Crippen LogP contribution in [0.25, 0.3) is 5.69 Å². The third kappa shape index (κ3) is 4.63. The molecule has 0 bridgehead atoms. The number of hydrogen-bond donors (Lipinski definition) is 1. The predicted octanol–water partition coefficient (Wildman–Crippen LogP) is 2.53. The van der Waals surface area contributed by atoms with E-state index in [1.165, 1.54) is 12.1 Å². The Morgan fingerprint density at radius 1 is 1.30 bits per heavy atom. The van der Waals surface area contributed by atoms with Crippen molar-refractivity contribution in [1.82, 2.24) is 20.0 Å². The van der Waals surface area contributed by atoms with Crippen LogP contribution >= 0.6 is 0 Å². The van der Waals surface area contributed by atoms with Crippen molar-refractivity contribution in [3.63, 3.8) is 0 Å². The summed E-state index contributed by atoms with van der Waals surface area (Å²) >= 11 is 0. The van der Waals surface area contributed by atoms with Crippen molar-refractivity contribution < 1.29 is 9.18 Å². The maximum atomic E-state index is 13.0. The minimum atomic E-state index is -0.279. The second-order valence-electron chi connectivity index (χ2n) is 5.45. The summed E-state index contributed by atoms with van der Waals surface area (Å²) < 4.78 is 14.6. The summed E-state index contributed by atoms with van der Waals surface area (Å²) in [7, 11) is 0. The van der Waals surface area contributed by atoms with Crippen LogP contribution in [0.5, 0.6) is 0 Å². The van der Waals surface area contributed by atoms with Gasteiger partial charge in [0.15, 0.2) is 0 Å². The molecule has 0 unspecified atom stereocenters. The van der Waals surface area contributed by atoms with Crippen molar-refractivity contribution in [2.75, 3.05) is 19.6 Å². The van der Waals surface area contributed by atoms with Crippen molar-refractivity contribution in [2.24, 2.45) is 0 Å². The molecule has 5 nitrogen and oxygen atoms in total. The molecule has 0 aliphatic rings. The molecule has 1 aromatic heterocycles. The van der Waals surface area contributed by atoms with Gasteiger partial charge < -0.3 is 5.32 Å². The van der Waals surface area contributed by atoms with E-state index in [1.807, 2.05) is 27.0 Å². The zero-order valence-corrected chi connectivity index (χ0v) is 13.8. The van der Waals surface area contributed by atoms with Crippen LogP contribution in [0, 0.1) is 5.82 Å². The second kappa shape index (κ2) is 7.87. The Bertz CT molecular complexity index is 634. The smallest absolute Gasteiger partial charge is 0.234 e. The summed E-state index contributed by atoms with van der Waals surface area (Å²) in [5.74, 6) is -0.283. The van der Waals surface area contributed by atoms with Gasteiger partial charge in [0.1, 0.15) is 5.82 Å². The van der Waals surface area contributed by atoms with Gasteiger partial charge in [-0.1, -0.05) is 13.8 Å². The van der Waals surface area contributed by atoms with Crippen LogP contribution < -0.4 is 5.32 Å². The highest BCUT2D eigenvalue weighted by Gasteiger charge is 2.13. The molecule has 1 N–H and O–H groups in total. The molecule has 6 heteroatoms. The number of amides is 1. The number of aromatic nitrogens is 2. The fourth-order valence-corrected chi connectivity index (χ4v) is 2.32. The molecule has 1 aromatic carbocycles. The first-order valence-electron chi connectivity index (χ1n) is 7.85. The van der Waals surface area contributed by atoms with Crippen molar-refractivity contribution in [3.05, 3.63) is 48.0 Å². The second-order valence-corrected chi connectivity index (χ2v) is 5.45. The van der Waals surface area contributed by atoms with Crippen LogP contribution in [0.2, 0.25) is 0 Å². The fourth-order valence-electron chi connectivity index (χ4n) is 2.32. The third-order valence-electron chi connectivity index (χ3n) is 3.83. The van der Waals surface area contributed by atoms with Gasteiger partial charge in [0.25, 0.3) is 0 Å². The summed E-state index contributed by atoms with van der Waals surface area (Å²) in [6.45, 7) is 8.08. The maximum Gasteiger partial charge on any atom is 0.234 e. The molecule has 0 aliphatic carbocycles. The van der Waals surface area contributed by atoms with E-state index < -0.39 is 0 Å². The number of benzene rings is 1. The van der Waals surface area contributed by atoms with Crippen molar-refractivity contribution in [2.45, 2.75) is 26.8 Å². The molecular weight excluding hydrogens is 295 g/mol. The largest absolute Gasteiger partial charge is 0.348 e. The molecule has 2 rings (SSSR count). The number of likely N-dealkylation sites (N-methyl/N-ethyl adjacent to an activating group) is 1. The van der Waals surface area contributed by atoms with E-state index in [0.717, 1.165) is 24.3 Å². The molecule has 23 heavy (non-hydrogen) atoms. The highest BCUT2D eigenvalue weighted by atomic mass is 19.1. The first-order chi connectivity index (χ1) is 11.0. The van der Waals surface area contributed by atoms with Gasteiger partial charge in [0, 0.05) is 11.8 Å². The molecule has 0 fully saturated rings. The molecule has 0 aliphatic heterocycles. The lowest BCUT2D eigenvalue weighted by Gasteiger charge is -2.19. The van der Waals surface area contributed by atoms with E-state index in [9.17, 15) is 9.18 Å². The molecule has 0 spiro atoms. The quantitative estimate of drug-likeness (QED) is 0.853. The van der Waals surface area contributed by atoms with E-state index in [4.69, 9.17) is 0 Å². The number of hydrogen-bond acceptors (Lipinski definition) is 3. The van der Waals surface area contributed by atoms with Crippen LogP contribution in [0.15, 0.2) is 36.7 Å². The number of carbonyl (C=O) groups is 1. The van der Waals surface area contributed by atoms with E-state index >= 15 is 0 Å². The van der Waals surface area contributed by atoms with Crippen LogP contribution in [-0.4, -0.2) is 40.2 Å². The van der Waals surface area contributed by atoms with Crippen LogP contribution in [-0.2, 0) is 4.79 Å². The summed E-state index contributed by atoms with van der Waals surface area (Å²) in [5, 5.41) is 7.25. The zero-order chi connectivity index (χ0) is 16.8. The molecular formula is C17H23FN4O. The monoisotopic (exact) mass is 318 g/mol. The standard InChI is InChI=1S/C17H23FN4O/c1-4-21(5-2)12-17(23)20-13(3)14-10-19-22(11-14)16-8-6-15(18)7-9-16/h6-11,13H,4-5,12H2,1-3H3,(H,20,23)/t13-/m1/s1. The van der Waals surface area contributed by atoms with Gasteiger partial charge in [0.05, 0.1) is 24.5 Å². The first-order valence-corrected chi connectivity index (χ1v) is 7.85. The highest BCUT2D eigenvalue weighted by Crippen LogP contribution is 2.14. The third-order valence-corrected chi connectivity index (χ3v) is 3.83. The first kappa shape index (κ1) is 17.1. The summed E-state index contributed by atoms with van der Waals surface area (Å²) in [4.78, 5) is 14.1. The average molecular weight is 318 g/mol. The minimum Gasteiger partial charge on any atom is -0.348 e. The van der Waals surface area contributed by atoms with Crippen molar-refractivity contribution in [1.29, 1.82) is 0 Å². The Hall–Kier alpha value is -2.21. The normalized spacial score (nSPS) is 12.4. The van der Waals surface area contributed by atoms with E-state index in [1.54, 1.807) is 23.0 Å². The lowest BCUT2D eigenvalue weighted by molar-refractivity contribution is -0.122. The van der Waals surface area contributed by atoms with E-state index in [0.29, 0.717) is 6.54 Å². The lowest BCUT2D eigenvalue weighted by Crippen LogP contribution is -2.38. The summed E-state index contributed by atoms with van der Waals surface area (Å²) in [6, 6.07) is 5.98. The minimum absolute atomic E-state index is 0.00395. The van der Waals surface area contributed by atoms with Gasteiger partial charge in [-0.3, -0.25) is 9.69 Å². The Morgan fingerprint density at radius 3 is 2.57 bits per heavy atom. The average Bonchev–Trinajstić information content (AvgIpc) is 3.03. The van der Waals surface area contributed by atoms with Crippen LogP contribution in [0.3, 0.4) is 0 Å². The molecule has 1 heterocycles. The molecule has 1 atom stereocenters. The molecule has 0 saturated carbocycles. The Morgan fingerprint density at radius 2 is 1.96 bits per heavy atom. The van der Waals surface area contributed by atoms with Gasteiger partial charge in [0.2, 0.25) is 5.91 Å². The Balaban J connectivity index is 1.99. The van der Waals surface area contributed by atoms with Crippen LogP contribution in [0.1, 0.15) is 32.4 Å². The fraction of sp³-hybridized carbons (Fsp3) is 0.412. The van der Waals surface area contributed by atoms with Crippen molar-refractivity contribution in [3.8, 4) is 5.69 Å². The lowest BCUT2D eigenvalue weighted by atomic mass is 10.2. The SMILES string of the molecule is CCN(CC)CC(=O)N[C@H](C)c1cnn(-c2ccc(F)cc2)c1. The van der Waals surface area contributed by atoms with Gasteiger partial charge in [-0.25, -0.2) is 9.07 Å². The van der Waals surface area contributed by atoms with Gasteiger partial charge in [-0.05, 0) is 44.3 Å². The Kier molecular flexibility index (Phi) is 5.87. The number of nitrogens with one attached hydrogen (secondary N) is 1. The zero-order valence-electron chi connectivity index (χ0n) is 13.8. The molecule has 0 radical (unpaired) electrons. The summed E-state index contributed by atoms with van der Waals surface area (Å²) in [5.41, 5.74) is 1.68. The van der Waals surface area contributed by atoms with Gasteiger partial charge >= 0.3 is 0 Å². The van der Waals surface area contributed by atoms with E-state index in [2.05, 4.69) is 15.3 Å². The number of halogens is 1. The topological polar surface area (TPSA) is 50.2 Å².